The molecule has 0 heterocycles. The molecule has 1 aliphatic carbocycles. The number of Topliss-reactive ketones (excluding diaryl/α,β-unsaturated/α-hetero) is 1. The fraction of sp³-hybridized carbons (Fsp3) is 0.588. The van der Waals surface area contributed by atoms with Gasteiger partial charge in [-0.1, -0.05) is 38.1 Å². The molecule has 1 aromatic carbocycles. The van der Waals surface area contributed by atoms with E-state index >= 15 is 0 Å². The lowest BCUT2D eigenvalue weighted by Crippen LogP contribution is -2.47. The largest absolute Gasteiger partial charge is 0.319 e. The van der Waals surface area contributed by atoms with Crippen molar-refractivity contribution in [1.82, 2.24) is 0 Å². The van der Waals surface area contributed by atoms with Crippen LogP contribution in [0.1, 0.15) is 63.0 Å². The summed E-state index contributed by atoms with van der Waals surface area (Å²) < 4.78 is 0. The summed E-state index contributed by atoms with van der Waals surface area (Å²) in [7, 11) is 0. The highest BCUT2D eigenvalue weighted by Crippen LogP contribution is 2.35. The van der Waals surface area contributed by atoms with E-state index in [-0.39, 0.29) is 5.78 Å². The van der Waals surface area contributed by atoms with Crippen LogP contribution in [0.25, 0.3) is 0 Å². The van der Waals surface area contributed by atoms with Gasteiger partial charge in [0.15, 0.2) is 5.78 Å². The van der Waals surface area contributed by atoms with E-state index in [4.69, 9.17) is 5.73 Å². The van der Waals surface area contributed by atoms with Gasteiger partial charge >= 0.3 is 0 Å². The average molecular weight is 259 g/mol. The monoisotopic (exact) mass is 259 g/mol. The third-order valence-electron chi connectivity index (χ3n) is 4.74. The van der Waals surface area contributed by atoms with Crippen LogP contribution in [0.5, 0.6) is 0 Å². The molecule has 0 spiro atoms. The summed E-state index contributed by atoms with van der Waals surface area (Å²) in [5.41, 5.74) is 8.40. The van der Waals surface area contributed by atoms with Crippen LogP contribution in [-0.4, -0.2) is 11.3 Å². The van der Waals surface area contributed by atoms with Gasteiger partial charge in [0.25, 0.3) is 0 Å². The van der Waals surface area contributed by atoms with Crippen LogP contribution in [0, 0.1) is 0 Å². The van der Waals surface area contributed by atoms with Crippen LogP contribution in [0.2, 0.25) is 0 Å². The molecule has 104 valence electrons. The molecule has 1 unspecified atom stereocenters. The summed E-state index contributed by atoms with van der Waals surface area (Å²) in [6, 6.07) is 8.55. The number of hydrogen-bond donors (Lipinski definition) is 1. The molecule has 0 amide bonds. The fourth-order valence-corrected chi connectivity index (χ4v) is 3.14. The van der Waals surface area contributed by atoms with Gasteiger partial charge in [0.1, 0.15) is 0 Å². The fourth-order valence-electron chi connectivity index (χ4n) is 3.14. The van der Waals surface area contributed by atoms with Crippen molar-refractivity contribution in [3.05, 3.63) is 35.4 Å². The first kappa shape index (κ1) is 14.3. The molecule has 2 heteroatoms. The van der Waals surface area contributed by atoms with Crippen molar-refractivity contribution in [2.45, 2.75) is 63.8 Å². The minimum atomic E-state index is -0.619. The average Bonchev–Trinajstić information content (AvgIpc) is 2.46. The summed E-state index contributed by atoms with van der Waals surface area (Å²) in [6.07, 6.45) is 5.52. The second-order valence-electron chi connectivity index (χ2n) is 5.78. The highest BCUT2D eigenvalue weighted by molar-refractivity contribution is 5.88. The summed E-state index contributed by atoms with van der Waals surface area (Å²) in [6.45, 7) is 4.02. The van der Waals surface area contributed by atoms with E-state index in [1.807, 2.05) is 13.8 Å². The topological polar surface area (TPSA) is 43.1 Å². The summed E-state index contributed by atoms with van der Waals surface area (Å²) >= 11 is 0. The van der Waals surface area contributed by atoms with Crippen molar-refractivity contribution in [3.63, 3.8) is 0 Å². The second kappa shape index (κ2) is 5.87. The Morgan fingerprint density at radius 3 is 2.68 bits per heavy atom. The smallest absolute Gasteiger partial charge is 0.153 e. The Labute approximate surface area is 116 Å². The molecule has 0 saturated carbocycles. The number of hydrogen-bond acceptors (Lipinski definition) is 2. The molecule has 0 aromatic heterocycles. The number of ketones is 1. The molecule has 2 rings (SSSR count). The zero-order chi connectivity index (χ0) is 13.9. The lowest BCUT2D eigenvalue weighted by Gasteiger charge is -2.30. The number of fused-ring (bicyclic) bond motifs is 1. The Morgan fingerprint density at radius 1 is 1.32 bits per heavy atom. The van der Waals surface area contributed by atoms with E-state index in [0.29, 0.717) is 12.3 Å². The molecule has 1 aromatic rings. The van der Waals surface area contributed by atoms with E-state index in [9.17, 15) is 4.79 Å². The summed E-state index contributed by atoms with van der Waals surface area (Å²) in [5.74, 6) is 0.609. The van der Waals surface area contributed by atoms with Crippen molar-refractivity contribution in [3.8, 4) is 0 Å². The van der Waals surface area contributed by atoms with Crippen LogP contribution in [0.4, 0.5) is 0 Å². The highest BCUT2D eigenvalue weighted by atomic mass is 16.1. The molecule has 1 atom stereocenters. The standard InChI is InChI=1S/C17H25NO/c1-3-17(18,4-2)16(19)12-14-10-7-9-13-8-5-6-11-15(13)14/h5-6,8,11,14H,3-4,7,9-10,12,18H2,1-2H3. The van der Waals surface area contributed by atoms with Gasteiger partial charge in [-0.15, -0.1) is 0 Å². The molecule has 19 heavy (non-hydrogen) atoms. The molecule has 0 fully saturated rings. The van der Waals surface area contributed by atoms with E-state index < -0.39 is 5.54 Å². The lowest BCUT2D eigenvalue weighted by atomic mass is 9.76. The molecular formula is C17H25NO. The number of benzene rings is 1. The van der Waals surface area contributed by atoms with E-state index in [1.54, 1.807) is 0 Å². The summed E-state index contributed by atoms with van der Waals surface area (Å²) in [5, 5.41) is 0. The van der Waals surface area contributed by atoms with Crippen molar-refractivity contribution in [2.75, 3.05) is 0 Å². The number of nitrogens with two attached hydrogens (primary N) is 1. The van der Waals surface area contributed by atoms with Crippen LogP contribution in [0.15, 0.2) is 24.3 Å². The molecule has 0 saturated heterocycles. The number of carbonyl (C=O) groups excluding carboxylic acids is 1. The Morgan fingerprint density at radius 2 is 2.00 bits per heavy atom. The highest BCUT2D eigenvalue weighted by Gasteiger charge is 2.32. The number of rotatable bonds is 5. The molecule has 1 aliphatic rings. The second-order valence-corrected chi connectivity index (χ2v) is 5.78. The van der Waals surface area contributed by atoms with Gasteiger partial charge in [-0.25, -0.2) is 0 Å². The van der Waals surface area contributed by atoms with E-state index in [2.05, 4.69) is 24.3 Å². The van der Waals surface area contributed by atoms with Gasteiger partial charge in [-0.2, -0.15) is 0 Å². The van der Waals surface area contributed by atoms with Crippen LogP contribution >= 0.6 is 0 Å². The minimum Gasteiger partial charge on any atom is -0.319 e. The maximum absolute atomic E-state index is 12.5. The van der Waals surface area contributed by atoms with Crippen LogP contribution < -0.4 is 5.73 Å². The van der Waals surface area contributed by atoms with Gasteiger partial charge in [-0.05, 0) is 49.1 Å². The van der Waals surface area contributed by atoms with Gasteiger partial charge in [0.2, 0.25) is 0 Å². The van der Waals surface area contributed by atoms with Crippen molar-refractivity contribution in [1.29, 1.82) is 0 Å². The van der Waals surface area contributed by atoms with Gasteiger partial charge in [-0.3, -0.25) is 4.79 Å². The Balaban J connectivity index is 2.15. The van der Waals surface area contributed by atoms with Crippen molar-refractivity contribution >= 4 is 5.78 Å². The molecule has 2 N–H and O–H groups in total. The SMILES string of the molecule is CCC(N)(CC)C(=O)CC1CCCc2ccccc21. The van der Waals surface area contributed by atoms with Crippen LogP contribution in [-0.2, 0) is 11.2 Å². The predicted octanol–water partition coefficient (Wildman–Crippen LogP) is 3.58. The molecule has 0 radical (unpaired) electrons. The van der Waals surface area contributed by atoms with Gasteiger partial charge in [0.05, 0.1) is 5.54 Å². The Kier molecular flexibility index (Phi) is 4.41. The maximum atomic E-state index is 12.5. The maximum Gasteiger partial charge on any atom is 0.153 e. The lowest BCUT2D eigenvalue weighted by molar-refractivity contribution is -0.124. The number of aryl methyl sites for hydroxylation is 1. The zero-order valence-electron chi connectivity index (χ0n) is 12.1. The normalized spacial score (nSPS) is 19.0. The first-order valence-electron chi connectivity index (χ1n) is 7.50. The van der Waals surface area contributed by atoms with Crippen molar-refractivity contribution < 1.29 is 4.79 Å². The van der Waals surface area contributed by atoms with Crippen LogP contribution in [0.3, 0.4) is 0 Å². The predicted molar refractivity (Wildman–Crippen MR) is 79.2 cm³/mol. The first-order chi connectivity index (χ1) is 9.10. The zero-order valence-corrected chi connectivity index (χ0v) is 12.1. The third kappa shape index (κ3) is 2.89. The molecular weight excluding hydrogens is 234 g/mol. The summed E-state index contributed by atoms with van der Waals surface area (Å²) in [4.78, 5) is 12.5. The van der Waals surface area contributed by atoms with Gasteiger partial charge in [0, 0.05) is 6.42 Å². The minimum absolute atomic E-state index is 0.235. The van der Waals surface area contributed by atoms with E-state index in [1.165, 1.54) is 17.5 Å². The first-order valence-corrected chi connectivity index (χ1v) is 7.50. The van der Waals surface area contributed by atoms with Crippen molar-refractivity contribution in [2.24, 2.45) is 5.73 Å². The Hall–Kier alpha value is -1.15. The molecule has 0 aliphatic heterocycles. The Bertz CT molecular complexity index is 448. The quantitative estimate of drug-likeness (QED) is 0.878. The van der Waals surface area contributed by atoms with E-state index in [0.717, 1.165) is 25.7 Å². The molecule has 2 nitrogen and oxygen atoms in total. The number of carbonyl (C=O) groups is 1. The third-order valence-corrected chi connectivity index (χ3v) is 4.74. The van der Waals surface area contributed by atoms with Gasteiger partial charge < -0.3 is 5.73 Å². The molecule has 0 bridgehead atoms.